The first kappa shape index (κ1) is 18.5. The Hall–Kier alpha value is -1.79. The maximum absolute atomic E-state index is 12.5. The maximum atomic E-state index is 12.5. The minimum atomic E-state index is -0.197. The van der Waals surface area contributed by atoms with E-state index in [4.69, 9.17) is 9.47 Å². The number of ether oxygens (including phenoxy) is 2. The lowest BCUT2D eigenvalue weighted by Crippen LogP contribution is -2.53. The van der Waals surface area contributed by atoms with Crippen molar-refractivity contribution in [2.45, 2.75) is 26.0 Å². The zero-order chi connectivity index (χ0) is 17.5. The van der Waals surface area contributed by atoms with E-state index in [9.17, 15) is 4.79 Å². The summed E-state index contributed by atoms with van der Waals surface area (Å²) in [5.74, 6) is 0.805. The van der Waals surface area contributed by atoms with Crippen LogP contribution in [0, 0.1) is 0 Å². The highest BCUT2D eigenvalue weighted by Gasteiger charge is 2.25. The topological polar surface area (TPSA) is 54.0 Å². The van der Waals surface area contributed by atoms with Gasteiger partial charge >= 0.3 is 6.03 Å². The molecule has 6 heteroatoms. The molecule has 0 aliphatic carbocycles. The molecule has 24 heavy (non-hydrogen) atoms. The summed E-state index contributed by atoms with van der Waals surface area (Å²) in [6, 6.07) is 7.60. The van der Waals surface area contributed by atoms with E-state index >= 15 is 0 Å². The second kappa shape index (κ2) is 8.89. The molecule has 2 rings (SSSR count). The van der Waals surface area contributed by atoms with Crippen LogP contribution >= 0.6 is 0 Å². The summed E-state index contributed by atoms with van der Waals surface area (Å²) < 4.78 is 10.8. The van der Waals surface area contributed by atoms with Crippen molar-refractivity contribution in [2.24, 2.45) is 0 Å². The molecule has 0 radical (unpaired) electrons. The van der Waals surface area contributed by atoms with Gasteiger partial charge in [0, 0.05) is 33.3 Å². The number of benzene rings is 1. The van der Waals surface area contributed by atoms with E-state index in [1.54, 1.807) is 14.2 Å². The third kappa shape index (κ3) is 4.61. The van der Waals surface area contributed by atoms with E-state index in [1.165, 1.54) is 0 Å². The number of hydrogen-bond donors (Lipinski definition) is 1. The van der Waals surface area contributed by atoms with Crippen LogP contribution in [-0.2, 0) is 4.74 Å². The molecule has 0 bridgehead atoms. The third-order valence-electron chi connectivity index (χ3n) is 4.61. The summed E-state index contributed by atoms with van der Waals surface area (Å²) in [7, 11) is 3.31. The minimum Gasteiger partial charge on any atom is -0.497 e. The lowest BCUT2D eigenvalue weighted by Gasteiger charge is -2.35. The lowest BCUT2D eigenvalue weighted by molar-refractivity contribution is 0.0713. The number of nitrogens with one attached hydrogen (secondary N) is 1. The maximum Gasteiger partial charge on any atom is 0.317 e. The number of carbonyl (C=O) groups excluding carboxylic acids is 1. The van der Waals surface area contributed by atoms with Crippen molar-refractivity contribution in [1.82, 2.24) is 15.1 Å². The summed E-state index contributed by atoms with van der Waals surface area (Å²) in [4.78, 5) is 16.7. The number of amides is 2. The van der Waals surface area contributed by atoms with Crippen molar-refractivity contribution in [2.75, 3.05) is 46.9 Å². The molecule has 0 aromatic heterocycles. The van der Waals surface area contributed by atoms with Crippen LogP contribution in [0.1, 0.15) is 25.5 Å². The molecule has 0 saturated carbocycles. The average Bonchev–Trinajstić information content (AvgIpc) is 2.63. The molecule has 0 unspecified atom stereocenters. The Bertz CT molecular complexity index is 513. The Labute approximate surface area is 144 Å². The third-order valence-corrected chi connectivity index (χ3v) is 4.61. The lowest BCUT2D eigenvalue weighted by atomic mass is 10.0. The zero-order valence-electron chi connectivity index (χ0n) is 15.1. The number of methoxy groups -OCH3 is 2. The monoisotopic (exact) mass is 335 g/mol. The Kier molecular flexibility index (Phi) is 6.87. The van der Waals surface area contributed by atoms with E-state index in [0.29, 0.717) is 0 Å². The molecule has 134 valence electrons. The van der Waals surface area contributed by atoms with E-state index in [1.807, 2.05) is 36.1 Å². The molecule has 1 aliphatic rings. The van der Waals surface area contributed by atoms with Gasteiger partial charge in [0.1, 0.15) is 11.9 Å². The fourth-order valence-corrected chi connectivity index (χ4v) is 3.05. The number of nitrogens with zero attached hydrogens (tertiary/aromatic N) is 2. The number of carbonyl (C=O) groups is 1. The average molecular weight is 335 g/mol. The predicted octanol–water partition coefficient (Wildman–Crippen LogP) is 2.12. The first-order valence-corrected chi connectivity index (χ1v) is 8.53. The molecule has 2 atom stereocenters. The van der Waals surface area contributed by atoms with Gasteiger partial charge in [-0.2, -0.15) is 0 Å². The molecule has 1 aromatic carbocycles. The van der Waals surface area contributed by atoms with E-state index in [0.717, 1.165) is 44.0 Å². The fourth-order valence-electron chi connectivity index (χ4n) is 3.05. The largest absolute Gasteiger partial charge is 0.497 e. The van der Waals surface area contributed by atoms with E-state index in [2.05, 4.69) is 17.1 Å². The van der Waals surface area contributed by atoms with Gasteiger partial charge in [-0.1, -0.05) is 19.1 Å². The Morgan fingerprint density at radius 2 is 1.79 bits per heavy atom. The quantitative estimate of drug-likeness (QED) is 0.865. The van der Waals surface area contributed by atoms with E-state index in [-0.39, 0.29) is 18.2 Å². The number of urea groups is 1. The van der Waals surface area contributed by atoms with Gasteiger partial charge in [-0.3, -0.25) is 0 Å². The van der Waals surface area contributed by atoms with Gasteiger partial charge in [0.25, 0.3) is 0 Å². The van der Waals surface area contributed by atoms with Crippen molar-refractivity contribution < 1.29 is 14.3 Å². The SMILES string of the molecule is CCN1CCN(C(=O)N[C@@H](C)[C@H](OC)c2ccc(OC)cc2)CC1. The van der Waals surface area contributed by atoms with Crippen LogP contribution in [0.15, 0.2) is 24.3 Å². The van der Waals surface area contributed by atoms with Crippen LogP contribution in [0.3, 0.4) is 0 Å². The molecule has 1 aliphatic heterocycles. The van der Waals surface area contributed by atoms with Crippen LogP contribution in [0.25, 0.3) is 0 Å². The first-order chi connectivity index (χ1) is 11.6. The highest BCUT2D eigenvalue weighted by Crippen LogP contribution is 2.23. The Balaban J connectivity index is 1.93. The molecule has 1 heterocycles. The van der Waals surface area contributed by atoms with Crippen molar-refractivity contribution in [3.05, 3.63) is 29.8 Å². The van der Waals surface area contributed by atoms with Crippen LogP contribution in [-0.4, -0.2) is 68.8 Å². The highest BCUT2D eigenvalue weighted by atomic mass is 16.5. The van der Waals surface area contributed by atoms with Crippen LogP contribution in [0.5, 0.6) is 5.75 Å². The van der Waals surface area contributed by atoms with Crippen molar-refractivity contribution in [3.63, 3.8) is 0 Å². The second-order valence-corrected chi connectivity index (χ2v) is 6.09. The molecule has 0 spiro atoms. The first-order valence-electron chi connectivity index (χ1n) is 8.53. The normalized spacial score (nSPS) is 18.1. The number of hydrogen-bond acceptors (Lipinski definition) is 4. The summed E-state index contributed by atoms with van der Waals surface area (Å²) in [5.41, 5.74) is 1.02. The van der Waals surface area contributed by atoms with Crippen LogP contribution < -0.4 is 10.1 Å². The zero-order valence-corrected chi connectivity index (χ0v) is 15.1. The van der Waals surface area contributed by atoms with Gasteiger partial charge < -0.3 is 24.6 Å². The number of piperazine rings is 1. The summed E-state index contributed by atoms with van der Waals surface area (Å²) in [5, 5.41) is 3.07. The van der Waals surface area contributed by atoms with Gasteiger partial charge in [0.2, 0.25) is 0 Å². The van der Waals surface area contributed by atoms with Gasteiger partial charge in [-0.05, 0) is 31.2 Å². The molecule has 6 nitrogen and oxygen atoms in total. The molecular weight excluding hydrogens is 306 g/mol. The summed E-state index contributed by atoms with van der Waals surface area (Å²) in [6.45, 7) is 8.57. The fraction of sp³-hybridized carbons (Fsp3) is 0.611. The van der Waals surface area contributed by atoms with Crippen LogP contribution in [0.2, 0.25) is 0 Å². The van der Waals surface area contributed by atoms with Gasteiger partial charge in [0.05, 0.1) is 13.2 Å². The second-order valence-electron chi connectivity index (χ2n) is 6.09. The van der Waals surface area contributed by atoms with Crippen molar-refractivity contribution in [3.8, 4) is 5.75 Å². The Morgan fingerprint density at radius 1 is 1.17 bits per heavy atom. The minimum absolute atomic E-state index is 0.0196. The van der Waals surface area contributed by atoms with Crippen LogP contribution in [0.4, 0.5) is 4.79 Å². The summed E-state index contributed by atoms with van der Waals surface area (Å²) >= 11 is 0. The smallest absolute Gasteiger partial charge is 0.317 e. The van der Waals surface area contributed by atoms with E-state index < -0.39 is 0 Å². The van der Waals surface area contributed by atoms with Crippen molar-refractivity contribution >= 4 is 6.03 Å². The standard InChI is InChI=1S/C18H29N3O3/c1-5-20-10-12-21(13-11-20)18(22)19-14(2)17(24-4)15-6-8-16(23-3)9-7-15/h6-9,14,17H,5,10-13H2,1-4H3,(H,19,22)/t14-,17-/m0/s1. The van der Waals surface area contributed by atoms with Crippen molar-refractivity contribution in [1.29, 1.82) is 0 Å². The predicted molar refractivity (Wildman–Crippen MR) is 94.4 cm³/mol. The number of likely N-dealkylation sites (N-methyl/N-ethyl adjacent to an activating group) is 1. The Morgan fingerprint density at radius 3 is 2.29 bits per heavy atom. The molecule has 1 saturated heterocycles. The van der Waals surface area contributed by atoms with Gasteiger partial charge in [-0.25, -0.2) is 4.79 Å². The number of rotatable bonds is 6. The summed E-state index contributed by atoms with van der Waals surface area (Å²) in [6.07, 6.45) is -0.197. The molecular formula is C18H29N3O3. The molecule has 1 aromatic rings. The molecule has 1 N–H and O–H groups in total. The van der Waals surface area contributed by atoms with Gasteiger partial charge in [0.15, 0.2) is 0 Å². The highest BCUT2D eigenvalue weighted by molar-refractivity contribution is 5.74. The van der Waals surface area contributed by atoms with Gasteiger partial charge in [-0.15, -0.1) is 0 Å². The molecule has 1 fully saturated rings. The molecule has 2 amide bonds.